The van der Waals surface area contributed by atoms with E-state index in [1.165, 1.54) is 7.11 Å². The van der Waals surface area contributed by atoms with E-state index in [1.807, 2.05) is 13.0 Å². The SMILES string of the molecule is CCc1noc(C)c1C(=O)Nc1cc(C(=O)OC)ccc1N1CCCC1. The number of aromatic nitrogens is 1. The molecule has 1 aromatic carbocycles. The second-order valence-corrected chi connectivity index (χ2v) is 6.29. The number of benzene rings is 1. The van der Waals surface area contributed by atoms with Gasteiger partial charge in [-0.1, -0.05) is 12.1 Å². The Labute approximate surface area is 152 Å². The van der Waals surface area contributed by atoms with Crippen LogP contribution in [0.25, 0.3) is 0 Å². The van der Waals surface area contributed by atoms with Gasteiger partial charge in [0.2, 0.25) is 0 Å². The summed E-state index contributed by atoms with van der Waals surface area (Å²) in [5, 5.41) is 6.87. The van der Waals surface area contributed by atoms with E-state index in [2.05, 4.69) is 15.4 Å². The molecule has 1 aliphatic rings. The lowest BCUT2D eigenvalue weighted by atomic mass is 10.1. The molecule has 3 rings (SSSR count). The molecule has 138 valence electrons. The Kier molecular flexibility index (Phi) is 5.25. The van der Waals surface area contributed by atoms with Crippen molar-refractivity contribution in [3.05, 3.63) is 40.8 Å². The third kappa shape index (κ3) is 3.42. The molecule has 0 radical (unpaired) electrons. The fourth-order valence-corrected chi connectivity index (χ4v) is 3.25. The first-order valence-corrected chi connectivity index (χ1v) is 8.79. The molecular formula is C19H23N3O4. The summed E-state index contributed by atoms with van der Waals surface area (Å²) >= 11 is 0. The number of esters is 1. The van der Waals surface area contributed by atoms with Crippen LogP contribution in [0.4, 0.5) is 11.4 Å². The third-order valence-electron chi connectivity index (χ3n) is 4.61. The lowest BCUT2D eigenvalue weighted by Crippen LogP contribution is -2.22. The Morgan fingerprint density at radius 3 is 2.69 bits per heavy atom. The van der Waals surface area contributed by atoms with E-state index in [9.17, 15) is 9.59 Å². The average molecular weight is 357 g/mol. The van der Waals surface area contributed by atoms with Gasteiger partial charge in [-0.25, -0.2) is 4.79 Å². The first-order chi connectivity index (χ1) is 12.5. The number of carbonyl (C=O) groups is 2. The highest BCUT2D eigenvalue weighted by Gasteiger charge is 2.23. The molecule has 1 saturated heterocycles. The lowest BCUT2D eigenvalue weighted by Gasteiger charge is -2.22. The van der Waals surface area contributed by atoms with Gasteiger partial charge < -0.3 is 19.5 Å². The average Bonchev–Trinajstić information content (AvgIpc) is 3.30. The van der Waals surface area contributed by atoms with E-state index in [0.29, 0.717) is 34.7 Å². The van der Waals surface area contributed by atoms with Crippen molar-refractivity contribution in [2.45, 2.75) is 33.1 Å². The Morgan fingerprint density at radius 1 is 1.31 bits per heavy atom. The summed E-state index contributed by atoms with van der Waals surface area (Å²) in [5.74, 6) is -0.252. The molecule has 26 heavy (non-hydrogen) atoms. The van der Waals surface area contributed by atoms with Gasteiger partial charge >= 0.3 is 5.97 Å². The molecule has 7 heteroatoms. The molecule has 0 saturated carbocycles. The predicted molar refractivity (Wildman–Crippen MR) is 97.8 cm³/mol. The summed E-state index contributed by atoms with van der Waals surface area (Å²) in [6, 6.07) is 5.23. The molecule has 1 aliphatic heterocycles. The van der Waals surface area contributed by atoms with Gasteiger partial charge in [-0.15, -0.1) is 0 Å². The second-order valence-electron chi connectivity index (χ2n) is 6.29. The zero-order valence-corrected chi connectivity index (χ0v) is 15.3. The van der Waals surface area contributed by atoms with Gasteiger partial charge in [0.05, 0.1) is 29.7 Å². The third-order valence-corrected chi connectivity index (χ3v) is 4.61. The van der Waals surface area contributed by atoms with Crippen LogP contribution in [-0.2, 0) is 11.2 Å². The van der Waals surface area contributed by atoms with E-state index in [0.717, 1.165) is 31.6 Å². The normalized spacial score (nSPS) is 13.7. The summed E-state index contributed by atoms with van der Waals surface area (Å²) in [6.45, 7) is 5.48. The topological polar surface area (TPSA) is 84.7 Å². The maximum absolute atomic E-state index is 12.8. The standard InChI is InChI=1S/C19H23N3O4/c1-4-14-17(12(2)26-21-14)18(23)20-15-11-13(19(24)25-3)7-8-16(15)22-9-5-6-10-22/h7-8,11H,4-6,9-10H2,1-3H3,(H,20,23). The minimum atomic E-state index is -0.441. The van der Waals surface area contributed by atoms with Crippen LogP contribution in [-0.4, -0.2) is 37.2 Å². The van der Waals surface area contributed by atoms with Crippen molar-refractivity contribution < 1.29 is 18.8 Å². The monoisotopic (exact) mass is 357 g/mol. The Balaban J connectivity index is 1.96. The minimum absolute atomic E-state index is 0.289. The number of anilines is 2. The van der Waals surface area contributed by atoms with E-state index in [1.54, 1.807) is 19.1 Å². The molecule has 0 spiro atoms. The number of amides is 1. The number of ether oxygens (including phenoxy) is 1. The summed E-state index contributed by atoms with van der Waals surface area (Å²) in [6.07, 6.45) is 2.81. The quantitative estimate of drug-likeness (QED) is 0.827. The summed E-state index contributed by atoms with van der Waals surface area (Å²) in [4.78, 5) is 26.9. The van der Waals surface area contributed by atoms with Crippen molar-refractivity contribution in [3.8, 4) is 0 Å². The highest BCUT2D eigenvalue weighted by atomic mass is 16.5. The van der Waals surface area contributed by atoms with E-state index >= 15 is 0 Å². The Hall–Kier alpha value is -2.83. The number of rotatable bonds is 5. The van der Waals surface area contributed by atoms with Gasteiger partial charge in [0.15, 0.2) is 0 Å². The fraction of sp³-hybridized carbons (Fsp3) is 0.421. The number of nitrogens with zero attached hydrogens (tertiary/aromatic N) is 2. The highest BCUT2D eigenvalue weighted by molar-refractivity contribution is 6.08. The van der Waals surface area contributed by atoms with Crippen molar-refractivity contribution in [3.63, 3.8) is 0 Å². The van der Waals surface area contributed by atoms with Gasteiger partial charge in [-0.3, -0.25) is 4.79 Å². The van der Waals surface area contributed by atoms with Gasteiger partial charge in [-0.05, 0) is 44.4 Å². The van der Waals surface area contributed by atoms with E-state index in [-0.39, 0.29) is 5.91 Å². The van der Waals surface area contributed by atoms with Crippen LogP contribution in [0.15, 0.2) is 22.7 Å². The smallest absolute Gasteiger partial charge is 0.337 e. The molecule has 1 aromatic heterocycles. The molecule has 1 fully saturated rings. The summed E-state index contributed by atoms with van der Waals surface area (Å²) < 4.78 is 9.96. The summed E-state index contributed by atoms with van der Waals surface area (Å²) in [5.41, 5.74) is 2.94. The predicted octanol–water partition coefficient (Wildman–Crippen LogP) is 3.18. The number of nitrogens with one attached hydrogen (secondary N) is 1. The maximum atomic E-state index is 12.8. The molecule has 0 aliphatic carbocycles. The van der Waals surface area contributed by atoms with Gasteiger partial charge in [0, 0.05) is 13.1 Å². The first-order valence-electron chi connectivity index (χ1n) is 8.79. The van der Waals surface area contributed by atoms with E-state index < -0.39 is 5.97 Å². The maximum Gasteiger partial charge on any atom is 0.337 e. The molecule has 7 nitrogen and oxygen atoms in total. The van der Waals surface area contributed by atoms with Crippen molar-refractivity contribution in [1.29, 1.82) is 0 Å². The van der Waals surface area contributed by atoms with Crippen LogP contribution in [0, 0.1) is 6.92 Å². The van der Waals surface area contributed by atoms with Crippen molar-refractivity contribution in [1.82, 2.24) is 5.16 Å². The van der Waals surface area contributed by atoms with Crippen molar-refractivity contribution in [2.75, 3.05) is 30.4 Å². The molecule has 0 unspecified atom stereocenters. The van der Waals surface area contributed by atoms with Crippen LogP contribution >= 0.6 is 0 Å². The zero-order chi connectivity index (χ0) is 18.7. The molecule has 2 heterocycles. The number of aryl methyl sites for hydroxylation is 2. The number of hydrogen-bond acceptors (Lipinski definition) is 6. The fourth-order valence-electron chi connectivity index (χ4n) is 3.25. The van der Waals surface area contributed by atoms with Crippen molar-refractivity contribution in [2.24, 2.45) is 0 Å². The number of carbonyl (C=O) groups excluding carboxylic acids is 2. The van der Waals surface area contributed by atoms with Crippen molar-refractivity contribution >= 4 is 23.3 Å². The lowest BCUT2D eigenvalue weighted by molar-refractivity contribution is 0.0600. The van der Waals surface area contributed by atoms with Gasteiger partial charge in [0.1, 0.15) is 11.3 Å². The van der Waals surface area contributed by atoms with Crippen LogP contribution in [0.5, 0.6) is 0 Å². The van der Waals surface area contributed by atoms with Crippen LogP contribution < -0.4 is 10.2 Å². The van der Waals surface area contributed by atoms with Gasteiger partial charge in [-0.2, -0.15) is 0 Å². The second kappa shape index (κ2) is 7.59. The number of methoxy groups -OCH3 is 1. The molecule has 0 atom stereocenters. The largest absolute Gasteiger partial charge is 0.465 e. The van der Waals surface area contributed by atoms with Crippen LogP contribution in [0.1, 0.15) is 51.9 Å². The van der Waals surface area contributed by atoms with Crippen LogP contribution in [0.3, 0.4) is 0 Å². The van der Waals surface area contributed by atoms with E-state index in [4.69, 9.17) is 9.26 Å². The Bertz CT molecular complexity index is 822. The molecule has 0 bridgehead atoms. The van der Waals surface area contributed by atoms with Crippen LogP contribution in [0.2, 0.25) is 0 Å². The number of hydrogen-bond donors (Lipinski definition) is 1. The molecular weight excluding hydrogens is 334 g/mol. The molecule has 1 N–H and O–H groups in total. The Morgan fingerprint density at radius 2 is 2.04 bits per heavy atom. The highest BCUT2D eigenvalue weighted by Crippen LogP contribution is 2.31. The first kappa shape index (κ1) is 18.0. The molecule has 1 amide bonds. The molecule has 2 aromatic rings. The minimum Gasteiger partial charge on any atom is -0.465 e. The summed E-state index contributed by atoms with van der Waals surface area (Å²) in [7, 11) is 1.34. The zero-order valence-electron chi connectivity index (χ0n) is 15.3. The van der Waals surface area contributed by atoms with Gasteiger partial charge in [0.25, 0.3) is 5.91 Å².